The summed E-state index contributed by atoms with van der Waals surface area (Å²) < 4.78 is 5.04. The van der Waals surface area contributed by atoms with E-state index in [0.29, 0.717) is 17.0 Å². The molecule has 0 saturated heterocycles. The Morgan fingerprint density at radius 3 is 2.40 bits per heavy atom. The summed E-state index contributed by atoms with van der Waals surface area (Å²) in [6.07, 6.45) is 0.832. The van der Waals surface area contributed by atoms with Crippen LogP contribution in [0.15, 0.2) is 28.8 Å². The maximum absolute atomic E-state index is 12.3. The van der Waals surface area contributed by atoms with Crippen molar-refractivity contribution in [2.45, 2.75) is 40.2 Å². The fourth-order valence-electron chi connectivity index (χ4n) is 2.26. The van der Waals surface area contributed by atoms with Gasteiger partial charge in [-0.1, -0.05) is 41.9 Å². The van der Waals surface area contributed by atoms with Gasteiger partial charge in [0.05, 0.1) is 11.7 Å². The fraction of sp³-hybridized carbons (Fsp3) is 0.375. The predicted molar refractivity (Wildman–Crippen MR) is 77.7 cm³/mol. The lowest BCUT2D eigenvalue weighted by atomic mass is 10.0. The molecule has 0 radical (unpaired) electrons. The molecule has 106 valence electrons. The Kier molecular flexibility index (Phi) is 4.23. The van der Waals surface area contributed by atoms with Gasteiger partial charge in [0.15, 0.2) is 0 Å². The topological polar surface area (TPSA) is 55.1 Å². The largest absolute Gasteiger partial charge is 0.361 e. The van der Waals surface area contributed by atoms with Crippen LogP contribution in [0.25, 0.3) is 0 Å². The lowest BCUT2D eigenvalue weighted by Crippen LogP contribution is -2.28. The molecule has 20 heavy (non-hydrogen) atoms. The summed E-state index contributed by atoms with van der Waals surface area (Å²) in [5.74, 6) is 0.424. The van der Waals surface area contributed by atoms with Crippen LogP contribution in [0.5, 0.6) is 0 Å². The van der Waals surface area contributed by atoms with E-state index in [2.05, 4.69) is 41.7 Å². The molecule has 2 aromatic rings. The molecule has 0 aliphatic heterocycles. The second kappa shape index (κ2) is 5.90. The van der Waals surface area contributed by atoms with Gasteiger partial charge in [-0.25, -0.2) is 0 Å². The highest BCUT2D eigenvalue weighted by Gasteiger charge is 2.20. The molecule has 0 saturated carbocycles. The van der Waals surface area contributed by atoms with Gasteiger partial charge in [0, 0.05) is 0 Å². The number of hydrogen-bond acceptors (Lipinski definition) is 3. The van der Waals surface area contributed by atoms with Crippen LogP contribution in [-0.2, 0) is 0 Å². The molecule has 1 heterocycles. The second-order valence-corrected chi connectivity index (χ2v) is 5.04. The van der Waals surface area contributed by atoms with Gasteiger partial charge in [-0.3, -0.25) is 4.79 Å². The van der Waals surface area contributed by atoms with Crippen molar-refractivity contribution < 1.29 is 9.32 Å². The lowest BCUT2D eigenvalue weighted by molar-refractivity contribution is 0.0933. The van der Waals surface area contributed by atoms with Gasteiger partial charge in [0.1, 0.15) is 11.3 Å². The molecule has 0 spiro atoms. The maximum Gasteiger partial charge on any atom is 0.257 e. The summed E-state index contributed by atoms with van der Waals surface area (Å²) in [5.41, 5.74) is 3.48. The zero-order valence-corrected chi connectivity index (χ0v) is 12.4. The smallest absolute Gasteiger partial charge is 0.257 e. The first-order valence-electron chi connectivity index (χ1n) is 6.83. The van der Waals surface area contributed by atoms with Crippen LogP contribution in [0.3, 0.4) is 0 Å². The molecule has 0 aliphatic rings. The highest BCUT2D eigenvalue weighted by Crippen LogP contribution is 2.19. The van der Waals surface area contributed by atoms with Crippen LogP contribution in [0, 0.1) is 20.8 Å². The van der Waals surface area contributed by atoms with E-state index in [4.69, 9.17) is 4.52 Å². The van der Waals surface area contributed by atoms with Gasteiger partial charge >= 0.3 is 0 Å². The molecule has 1 aromatic heterocycles. The van der Waals surface area contributed by atoms with E-state index >= 15 is 0 Å². The molecule has 0 aliphatic carbocycles. The molecule has 2 rings (SSSR count). The molecular weight excluding hydrogens is 252 g/mol. The highest BCUT2D eigenvalue weighted by molar-refractivity contribution is 5.96. The number of carbonyl (C=O) groups is 1. The first-order chi connectivity index (χ1) is 9.52. The summed E-state index contributed by atoms with van der Waals surface area (Å²) in [6.45, 7) is 7.63. The Morgan fingerprint density at radius 2 is 1.90 bits per heavy atom. The Bertz CT molecular complexity index is 580. The molecule has 0 bridgehead atoms. The van der Waals surface area contributed by atoms with Gasteiger partial charge in [-0.05, 0) is 32.8 Å². The Morgan fingerprint density at radius 1 is 1.25 bits per heavy atom. The number of rotatable bonds is 4. The summed E-state index contributed by atoms with van der Waals surface area (Å²) in [5, 5.41) is 6.87. The van der Waals surface area contributed by atoms with Crippen LogP contribution < -0.4 is 5.32 Å². The van der Waals surface area contributed by atoms with Gasteiger partial charge in [-0.2, -0.15) is 0 Å². The number of nitrogens with zero attached hydrogens (tertiary/aromatic N) is 1. The van der Waals surface area contributed by atoms with E-state index in [1.165, 1.54) is 5.56 Å². The predicted octanol–water partition coefficient (Wildman–Crippen LogP) is 3.48. The number of aromatic nitrogens is 1. The van der Waals surface area contributed by atoms with Gasteiger partial charge in [0.25, 0.3) is 5.91 Å². The van der Waals surface area contributed by atoms with Gasteiger partial charge in [-0.15, -0.1) is 0 Å². The standard InChI is InChI=1S/C16H20N2O2/c1-5-14(13-8-6-10(2)7-9-13)17-16(19)15-11(3)18-20-12(15)4/h6-9,14H,5H2,1-4H3,(H,17,19)/t14-/m0/s1. The van der Waals surface area contributed by atoms with Crippen molar-refractivity contribution in [3.63, 3.8) is 0 Å². The minimum Gasteiger partial charge on any atom is -0.361 e. The van der Waals surface area contributed by atoms with Gasteiger partial charge in [0.2, 0.25) is 0 Å². The fourth-order valence-corrected chi connectivity index (χ4v) is 2.26. The SMILES string of the molecule is CC[C@H](NC(=O)c1c(C)noc1C)c1ccc(C)cc1. The van der Waals surface area contributed by atoms with E-state index in [1.54, 1.807) is 13.8 Å². The van der Waals surface area contributed by atoms with Crippen LogP contribution >= 0.6 is 0 Å². The molecule has 1 amide bonds. The summed E-state index contributed by atoms with van der Waals surface area (Å²) >= 11 is 0. The summed E-state index contributed by atoms with van der Waals surface area (Å²) in [7, 11) is 0. The third-order valence-electron chi connectivity index (χ3n) is 3.45. The molecule has 1 aromatic carbocycles. The Labute approximate surface area is 119 Å². The summed E-state index contributed by atoms with van der Waals surface area (Å²) in [6, 6.07) is 8.21. The first-order valence-corrected chi connectivity index (χ1v) is 6.83. The normalized spacial score (nSPS) is 12.2. The maximum atomic E-state index is 12.3. The average molecular weight is 272 g/mol. The van der Waals surface area contributed by atoms with Crippen molar-refractivity contribution in [3.05, 3.63) is 52.4 Å². The minimum absolute atomic E-state index is 0.00296. The zero-order chi connectivity index (χ0) is 14.7. The number of benzene rings is 1. The van der Waals surface area contributed by atoms with Crippen molar-refractivity contribution in [3.8, 4) is 0 Å². The van der Waals surface area contributed by atoms with E-state index in [1.807, 2.05) is 6.92 Å². The van der Waals surface area contributed by atoms with Crippen molar-refractivity contribution in [2.75, 3.05) is 0 Å². The molecule has 4 heteroatoms. The van der Waals surface area contributed by atoms with Crippen molar-refractivity contribution >= 4 is 5.91 Å². The molecule has 0 unspecified atom stereocenters. The van der Waals surface area contributed by atoms with Gasteiger partial charge < -0.3 is 9.84 Å². The number of hydrogen-bond donors (Lipinski definition) is 1. The molecule has 1 atom stereocenters. The van der Waals surface area contributed by atoms with E-state index in [0.717, 1.165) is 12.0 Å². The highest BCUT2D eigenvalue weighted by atomic mass is 16.5. The third kappa shape index (κ3) is 2.90. The second-order valence-electron chi connectivity index (χ2n) is 5.04. The Hall–Kier alpha value is -2.10. The third-order valence-corrected chi connectivity index (χ3v) is 3.45. The summed E-state index contributed by atoms with van der Waals surface area (Å²) in [4.78, 5) is 12.3. The van der Waals surface area contributed by atoms with Crippen LogP contribution in [0.1, 0.15) is 52.3 Å². The number of carbonyl (C=O) groups excluding carboxylic acids is 1. The van der Waals surface area contributed by atoms with E-state index < -0.39 is 0 Å². The first kappa shape index (κ1) is 14.3. The average Bonchev–Trinajstić information content (AvgIpc) is 2.76. The van der Waals surface area contributed by atoms with Crippen LogP contribution in [0.4, 0.5) is 0 Å². The molecule has 0 fully saturated rings. The van der Waals surface area contributed by atoms with Crippen molar-refractivity contribution in [1.29, 1.82) is 0 Å². The van der Waals surface area contributed by atoms with Crippen LogP contribution in [0.2, 0.25) is 0 Å². The van der Waals surface area contributed by atoms with E-state index in [9.17, 15) is 4.79 Å². The van der Waals surface area contributed by atoms with E-state index in [-0.39, 0.29) is 11.9 Å². The molecule has 4 nitrogen and oxygen atoms in total. The monoisotopic (exact) mass is 272 g/mol. The van der Waals surface area contributed by atoms with Crippen molar-refractivity contribution in [2.24, 2.45) is 0 Å². The molecule has 1 N–H and O–H groups in total. The number of nitrogens with one attached hydrogen (secondary N) is 1. The Balaban J connectivity index is 2.18. The number of aryl methyl sites for hydroxylation is 3. The van der Waals surface area contributed by atoms with Crippen LogP contribution in [-0.4, -0.2) is 11.1 Å². The molecular formula is C16H20N2O2. The van der Waals surface area contributed by atoms with Crippen molar-refractivity contribution in [1.82, 2.24) is 10.5 Å². The minimum atomic E-state index is -0.131. The lowest BCUT2D eigenvalue weighted by Gasteiger charge is -2.17. The zero-order valence-electron chi connectivity index (χ0n) is 12.4. The quantitative estimate of drug-likeness (QED) is 0.927. The number of amides is 1.